The summed E-state index contributed by atoms with van der Waals surface area (Å²) < 4.78 is 13.2. The third kappa shape index (κ3) is 6.38. The van der Waals surface area contributed by atoms with Crippen molar-refractivity contribution in [3.05, 3.63) is 41.8 Å². The monoisotopic (exact) mass is 447 g/mol. The first kappa shape index (κ1) is 24.5. The van der Waals surface area contributed by atoms with E-state index < -0.39 is 17.3 Å². The largest absolute Gasteiger partial charge is 0.508 e. The maximum atomic E-state index is 13.2. The number of fused-ring (bicyclic) bond motifs is 1. The van der Waals surface area contributed by atoms with E-state index in [2.05, 4.69) is 27.2 Å². The number of rotatable bonds is 7. The van der Waals surface area contributed by atoms with Gasteiger partial charge in [-0.25, -0.2) is 19.2 Å². The fourth-order valence-corrected chi connectivity index (χ4v) is 2.83. The number of nitrogen functional groups attached to an aromatic ring is 1. The normalized spacial score (nSPS) is 12.5. The Labute approximate surface area is 183 Å². The van der Waals surface area contributed by atoms with Gasteiger partial charge in [0.25, 0.3) is 0 Å². The van der Waals surface area contributed by atoms with Crippen molar-refractivity contribution >= 4 is 28.8 Å². The number of aliphatic hydroxyl groups is 1. The van der Waals surface area contributed by atoms with Crippen LogP contribution in [0.1, 0.15) is 43.5 Å². The summed E-state index contributed by atoms with van der Waals surface area (Å²) in [5, 5.41) is 39.0. The van der Waals surface area contributed by atoms with Crippen molar-refractivity contribution in [2.45, 2.75) is 38.6 Å². The molecule has 1 atom stereocenters. The Balaban J connectivity index is 0.000000278. The number of aliphatic hydroxyl groups excluding tert-OH is 1. The summed E-state index contributed by atoms with van der Waals surface area (Å²) in [6.45, 7) is 3.93. The SMILES string of the molecule is CCCCC(C)(CO)Nc1nc(N)nc2cc(F)cnc12.O=C(O)c1cc(O)ccc1O. The fraction of sp³-hybridized carbons (Fsp3) is 0.333. The second-order valence-electron chi connectivity index (χ2n) is 7.41. The van der Waals surface area contributed by atoms with Crippen LogP contribution in [0, 0.1) is 5.82 Å². The van der Waals surface area contributed by atoms with Crippen molar-refractivity contribution in [2.24, 2.45) is 0 Å². The molecule has 0 fully saturated rings. The molecule has 2 aromatic heterocycles. The van der Waals surface area contributed by atoms with E-state index in [1.54, 1.807) is 0 Å². The van der Waals surface area contributed by atoms with Crippen molar-refractivity contribution in [3.8, 4) is 11.5 Å². The number of halogens is 1. The molecule has 2 heterocycles. The highest BCUT2D eigenvalue weighted by Crippen LogP contribution is 2.25. The molecule has 0 amide bonds. The molecule has 0 radical (unpaired) electrons. The van der Waals surface area contributed by atoms with Crippen molar-refractivity contribution in [1.29, 1.82) is 0 Å². The van der Waals surface area contributed by atoms with E-state index in [4.69, 9.17) is 21.1 Å². The smallest absolute Gasteiger partial charge is 0.339 e. The molecule has 0 spiro atoms. The van der Waals surface area contributed by atoms with Crippen LogP contribution < -0.4 is 11.1 Å². The zero-order valence-electron chi connectivity index (χ0n) is 17.7. The van der Waals surface area contributed by atoms with Crippen LogP contribution in [0.5, 0.6) is 11.5 Å². The van der Waals surface area contributed by atoms with E-state index in [-0.39, 0.29) is 29.6 Å². The highest BCUT2D eigenvalue weighted by molar-refractivity contribution is 5.91. The molecule has 0 saturated carbocycles. The number of aromatic nitrogens is 3. The van der Waals surface area contributed by atoms with Crippen LogP contribution in [0.4, 0.5) is 16.2 Å². The molecule has 32 heavy (non-hydrogen) atoms. The molecule has 0 bridgehead atoms. The summed E-state index contributed by atoms with van der Waals surface area (Å²) in [5.41, 5.74) is 5.58. The van der Waals surface area contributed by atoms with Gasteiger partial charge in [-0.1, -0.05) is 19.8 Å². The Morgan fingerprint density at radius 2 is 1.97 bits per heavy atom. The highest BCUT2D eigenvalue weighted by Gasteiger charge is 2.24. The molecular formula is C21H26FN5O5. The van der Waals surface area contributed by atoms with Crippen LogP contribution >= 0.6 is 0 Å². The van der Waals surface area contributed by atoms with Gasteiger partial charge in [-0.15, -0.1) is 0 Å². The van der Waals surface area contributed by atoms with Gasteiger partial charge in [0.15, 0.2) is 5.82 Å². The fourth-order valence-electron chi connectivity index (χ4n) is 2.83. The number of pyridine rings is 1. The van der Waals surface area contributed by atoms with Gasteiger partial charge in [-0.3, -0.25) is 0 Å². The molecule has 3 aromatic rings. The maximum Gasteiger partial charge on any atom is 0.339 e. The van der Waals surface area contributed by atoms with Crippen LogP contribution in [0.25, 0.3) is 11.0 Å². The van der Waals surface area contributed by atoms with Crippen LogP contribution in [0.3, 0.4) is 0 Å². The van der Waals surface area contributed by atoms with Crippen LogP contribution in [0.15, 0.2) is 30.5 Å². The van der Waals surface area contributed by atoms with Crippen LogP contribution in [0.2, 0.25) is 0 Å². The number of anilines is 2. The molecule has 0 aliphatic carbocycles. The first-order chi connectivity index (χ1) is 15.1. The summed E-state index contributed by atoms with van der Waals surface area (Å²) in [6, 6.07) is 4.58. The molecule has 0 aliphatic rings. The highest BCUT2D eigenvalue weighted by atomic mass is 19.1. The van der Waals surface area contributed by atoms with Crippen molar-refractivity contribution in [3.63, 3.8) is 0 Å². The number of aromatic hydroxyl groups is 2. The van der Waals surface area contributed by atoms with Gasteiger partial charge in [0.1, 0.15) is 28.4 Å². The molecule has 172 valence electrons. The Morgan fingerprint density at radius 3 is 2.56 bits per heavy atom. The minimum Gasteiger partial charge on any atom is -0.508 e. The molecule has 7 N–H and O–H groups in total. The molecular weight excluding hydrogens is 421 g/mol. The minimum atomic E-state index is -1.27. The molecule has 0 aliphatic heterocycles. The number of hydrogen-bond acceptors (Lipinski definition) is 9. The molecule has 1 aromatic carbocycles. The van der Waals surface area contributed by atoms with Crippen molar-refractivity contribution in [1.82, 2.24) is 15.0 Å². The van der Waals surface area contributed by atoms with Gasteiger partial charge in [-0.05, 0) is 31.5 Å². The Bertz CT molecular complexity index is 1090. The zero-order chi connectivity index (χ0) is 23.9. The summed E-state index contributed by atoms with van der Waals surface area (Å²) in [7, 11) is 0. The average Bonchev–Trinajstić information content (AvgIpc) is 2.74. The van der Waals surface area contributed by atoms with Crippen LogP contribution in [-0.4, -0.2) is 53.5 Å². The quantitative estimate of drug-likeness (QED) is 0.295. The number of carbonyl (C=O) groups is 1. The van der Waals surface area contributed by atoms with Gasteiger partial charge in [0.05, 0.1) is 23.9 Å². The summed E-state index contributed by atoms with van der Waals surface area (Å²) >= 11 is 0. The first-order valence-corrected chi connectivity index (χ1v) is 9.81. The number of nitrogens with one attached hydrogen (secondary N) is 1. The van der Waals surface area contributed by atoms with Gasteiger partial charge < -0.3 is 31.5 Å². The molecule has 10 nitrogen and oxygen atoms in total. The number of benzene rings is 1. The third-order valence-electron chi connectivity index (χ3n) is 4.58. The third-order valence-corrected chi connectivity index (χ3v) is 4.58. The number of nitrogens with zero attached hydrogens (tertiary/aromatic N) is 3. The molecule has 11 heteroatoms. The summed E-state index contributed by atoms with van der Waals surface area (Å²) in [6.07, 6.45) is 3.86. The lowest BCUT2D eigenvalue weighted by atomic mass is 9.96. The zero-order valence-corrected chi connectivity index (χ0v) is 17.7. The van der Waals surface area contributed by atoms with E-state index in [0.29, 0.717) is 16.9 Å². The molecule has 1 unspecified atom stereocenters. The lowest BCUT2D eigenvalue weighted by molar-refractivity contribution is 0.0693. The summed E-state index contributed by atoms with van der Waals surface area (Å²) in [5.74, 6) is -1.84. The van der Waals surface area contributed by atoms with Crippen molar-refractivity contribution in [2.75, 3.05) is 17.7 Å². The Hall–Kier alpha value is -3.73. The van der Waals surface area contributed by atoms with Gasteiger partial charge >= 0.3 is 5.97 Å². The number of carboxylic acids is 1. The average molecular weight is 447 g/mol. The predicted molar refractivity (Wildman–Crippen MR) is 117 cm³/mol. The first-order valence-electron chi connectivity index (χ1n) is 9.81. The van der Waals surface area contributed by atoms with Gasteiger partial charge in [0.2, 0.25) is 5.95 Å². The number of phenolic OH excluding ortho intramolecular Hbond substituents is 1. The molecule has 3 rings (SSSR count). The number of carboxylic acid groups (broad SMARTS) is 1. The topological polar surface area (TPSA) is 175 Å². The minimum absolute atomic E-state index is 0.0354. The predicted octanol–water partition coefficient (Wildman–Crippen LogP) is 2.90. The Kier molecular flexibility index (Phi) is 8.08. The summed E-state index contributed by atoms with van der Waals surface area (Å²) in [4.78, 5) is 22.4. The van der Waals surface area contributed by atoms with Crippen molar-refractivity contribution < 1.29 is 29.6 Å². The number of hydrogen-bond donors (Lipinski definition) is 6. The second-order valence-corrected chi connectivity index (χ2v) is 7.41. The van der Waals surface area contributed by atoms with E-state index in [9.17, 15) is 14.3 Å². The van der Waals surface area contributed by atoms with E-state index in [1.165, 1.54) is 12.1 Å². The second kappa shape index (κ2) is 10.5. The van der Waals surface area contributed by atoms with Gasteiger partial charge in [0, 0.05) is 6.07 Å². The Morgan fingerprint density at radius 1 is 1.25 bits per heavy atom. The van der Waals surface area contributed by atoms with Gasteiger partial charge in [-0.2, -0.15) is 4.98 Å². The lowest BCUT2D eigenvalue weighted by Gasteiger charge is -2.29. The van der Waals surface area contributed by atoms with E-state index in [0.717, 1.165) is 37.6 Å². The molecule has 0 saturated heterocycles. The van der Waals surface area contributed by atoms with E-state index in [1.807, 2.05) is 6.92 Å². The lowest BCUT2D eigenvalue weighted by Crippen LogP contribution is -2.39. The number of nitrogens with two attached hydrogens (primary N) is 1. The number of aromatic carboxylic acids is 1. The van der Waals surface area contributed by atoms with Crippen LogP contribution in [-0.2, 0) is 0 Å². The standard InChI is InChI=1S/C14H20FN5O.C7H6O4/c1-3-4-5-14(2,8-21)20-12-11-10(18-13(16)19-12)6-9(15)7-17-11;8-4-1-2-6(9)5(3-4)7(10)11/h6-7,21H,3-5,8H2,1-2H3,(H3,16,18,19,20);1-3,8-9H,(H,10,11). The van der Waals surface area contributed by atoms with E-state index >= 15 is 0 Å². The maximum absolute atomic E-state index is 13.2. The number of phenols is 2. The number of unbranched alkanes of at least 4 members (excludes halogenated alkanes) is 1.